The van der Waals surface area contributed by atoms with Crippen molar-refractivity contribution < 1.29 is 14.3 Å². The third-order valence-corrected chi connectivity index (χ3v) is 5.58. The molecule has 33 heavy (non-hydrogen) atoms. The molecule has 0 aliphatic carbocycles. The molecule has 0 aliphatic rings. The zero-order valence-corrected chi connectivity index (χ0v) is 19.7. The Morgan fingerprint density at radius 2 is 1.85 bits per heavy atom. The van der Waals surface area contributed by atoms with Crippen molar-refractivity contribution >= 4 is 16.9 Å². The van der Waals surface area contributed by atoms with E-state index in [4.69, 9.17) is 9.47 Å². The van der Waals surface area contributed by atoms with Gasteiger partial charge in [0.05, 0.1) is 25.1 Å². The molecule has 1 atom stereocenters. The summed E-state index contributed by atoms with van der Waals surface area (Å²) in [5.41, 5.74) is 0.151. The predicted octanol–water partition coefficient (Wildman–Crippen LogP) is 2.70. The first-order chi connectivity index (χ1) is 15.8. The second-order valence-electron chi connectivity index (χ2n) is 7.93. The van der Waals surface area contributed by atoms with Crippen LogP contribution in [-0.4, -0.2) is 33.7 Å². The van der Waals surface area contributed by atoms with Gasteiger partial charge in [-0.05, 0) is 43.2 Å². The fraction of sp³-hybridized carbons (Fsp3) is 0.417. The lowest BCUT2D eigenvalue weighted by Crippen LogP contribution is -2.37. The van der Waals surface area contributed by atoms with Crippen LogP contribution in [0.2, 0.25) is 0 Å². The van der Waals surface area contributed by atoms with Crippen LogP contribution in [0.1, 0.15) is 55.2 Å². The molecule has 0 bridgehead atoms. The number of rotatable bonds is 9. The normalized spacial score (nSPS) is 11.9. The number of carbonyl (C=O) groups excluding carboxylic acids is 1. The van der Waals surface area contributed by atoms with Crippen LogP contribution in [0.4, 0.5) is 0 Å². The third-order valence-electron chi connectivity index (χ3n) is 5.58. The highest BCUT2D eigenvalue weighted by molar-refractivity contribution is 5.94. The molecule has 176 valence electrons. The van der Waals surface area contributed by atoms with E-state index in [9.17, 15) is 14.4 Å². The van der Waals surface area contributed by atoms with Crippen molar-refractivity contribution in [3.05, 3.63) is 62.4 Å². The first-order valence-corrected chi connectivity index (χ1v) is 11.0. The van der Waals surface area contributed by atoms with Gasteiger partial charge in [0.1, 0.15) is 11.3 Å². The molecule has 2 aromatic heterocycles. The van der Waals surface area contributed by atoms with Crippen LogP contribution in [0.3, 0.4) is 0 Å². The van der Waals surface area contributed by atoms with Gasteiger partial charge in [-0.25, -0.2) is 9.78 Å². The second-order valence-corrected chi connectivity index (χ2v) is 7.93. The van der Waals surface area contributed by atoms with Gasteiger partial charge in [-0.2, -0.15) is 0 Å². The Balaban J connectivity index is 1.79. The van der Waals surface area contributed by atoms with Gasteiger partial charge in [0.25, 0.3) is 11.5 Å². The predicted molar refractivity (Wildman–Crippen MR) is 126 cm³/mol. The van der Waals surface area contributed by atoms with E-state index in [1.165, 1.54) is 30.8 Å². The van der Waals surface area contributed by atoms with E-state index in [1.807, 2.05) is 25.1 Å². The van der Waals surface area contributed by atoms with Gasteiger partial charge in [-0.1, -0.05) is 25.8 Å². The first kappa shape index (κ1) is 24.0. The van der Waals surface area contributed by atoms with Gasteiger partial charge in [-0.15, -0.1) is 0 Å². The number of aryl methyl sites for hydroxylation is 1. The lowest BCUT2D eigenvalue weighted by atomic mass is 10.1. The maximum atomic E-state index is 12.8. The van der Waals surface area contributed by atoms with Crippen molar-refractivity contribution in [3.8, 4) is 11.5 Å². The Kier molecular flexibility index (Phi) is 7.52. The van der Waals surface area contributed by atoms with Crippen LogP contribution < -0.4 is 26.0 Å². The quantitative estimate of drug-likeness (QED) is 0.499. The molecule has 0 aliphatic heterocycles. The fourth-order valence-electron chi connectivity index (χ4n) is 3.54. The molecule has 0 saturated carbocycles. The number of aromatic nitrogens is 3. The Morgan fingerprint density at radius 3 is 2.55 bits per heavy atom. The minimum Gasteiger partial charge on any atom is -0.493 e. The van der Waals surface area contributed by atoms with Gasteiger partial charge in [0, 0.05) is 14.1 Å². The SMILES string of the molecule is CCCCCOc1ccc(C(C)NC(=O)c2ccc3c(=O)n(C)c(=O)n(C)c3n2)cc1OC. The number of benzene rings is 1. The van der Waals surface area contributed by atoms with Gasteiger partial charge in [0.15, 0.2) is 11.5 Å². The number of nitrogens with one attached hydrogen (secondary N) is 1. The van der Waals surface area contributed by atoms with E-state index in [1.54, 1.807) is 7.11 Å². The molecule has 0 saturated heterocycles. The molecular weight excluding hydrogens is 424 g/mol. The van der Waals surface area contributed by atoms with Crippen LogP contribution in [0.15, 0.2) is 39.9 Å². The highest BCUT2D eigenvalue weighted by atomic mass is 16.5. The van der Waals surface area contributed by atoms with E-state index in [-0.39, 0.29) is 22.8 Å². The minimum absolute atomic E-state index is 0.112. The topological polar surface area (TPSA) is 104 Å². The molecule has 0 spiro atoms. The Morgan fingerprint density at radius 1 is 1.09 bits per heavy atom. The van der Waals surface area contributed by atoms with Crippen LogP contribution >= 0.6 is 0 Å². The average Bonchev–Trinajstić information content (AvgIpc) is 2.83. The molecule has 0 radical (unpaired) electrons. The van der Waals surface area contributed by atoms with Crippen molar-refractivity contribution in [3.63, 3.8) is 0 Å². The third kappa shape index (κ3) is 5.08. The highest BCUT2D eigenvalue weighted by Crippen LogP contribution is 2.30. The van der Waals surface area contributed by atoms with E-state index in [0.717, 1.165) is 29.4 Å². The van der Waals surface area contributed by atoms with Gasteiger partial charge in [-0.3, -0.25) is 18.7 Å². The monoisotopic (exact) mass is 454 g/mol. The highest BCUT2D eigenvalue weighted by Gasteiger charge is 2.17. The van der Waals surface area contributed by atoms with E-state index in [2.05, 4.69) is 17.2 Å². The maximum Gasteiger partial charge on any atom is 0.332 e. The lowest BCUT2D eigenvalue weighted by Gasteiger charge is -2.17. The summed E-state index contributed by atoms with van der Waals surface area (Å²) in [6.07, 6.45) is 3.20. The number of carbonyl (C=O) groups is 1. The standard InChI is InChI=1S/C24H30N4O5/c1-6-7-8-13-33-19-12-9-16(14-20(19)32-5)15(2)25-22(29)18-11-10-17-21(26-18)27(3)24(31)28(4)23(17)30/h9-12,14-15H,6-8,13H2,1-5H3,(H,25,29). The number of fused-ring (bicyclic) bond motifs is 1. The number of hydrogen-bond donors (Lipinski definition) is 1. The Labute approximate surface area is 192 Å². The van der Waals surface area contributed by atoms with E-state index >= 15 is 0 Å². The number of amides is 1. The molecule has 9 heteroatoms. The molecule has 0 fully saturated rings. The zero-order chi connectivity index (χ0) is 24.1. The van der Waals surface area contributed by atoms with Crippen molar-refractivity contribution in [1.82, 2.24) is 19.4 Å². The molecule has 3 rings (SSSR count). The number of unbranched alkanes of at least 4 members (excludes halogenated alkanes) is 2. The lowest BCUT2D eigenvalue weighted by molar-refractivity contribution is 0.0935. The summed E-state index contributed by atoms with van der Waals surface area (Å²) < 4.78 is 13.5. The van der Waals surface area contributed by atoms with Crippen LogP contribution in [-0.2, 0) is 14.1 Å². The van der Waals surface area contributed by atoms with Gasteiger partial charge in [0.2, 0.25) is 0 Å². The summed E-state index contributed by atoms with van der Waals surface area (Å²) in [4.78, 5) is 41.6. The summed E-state index contributed by atoms with van der Waals surface area (Å²) in [5.74, 6) is 0.839. The van der Waals surface area contributed by atoms with E-state index in [0.29, 0.717) is 18.1 Å². The number of nitrogens with zero attached hydrogens (tertiary/aromatic N) is 3. The molecule has 1 amide bonds. The van der Waals surface area contributed by atoms with Crippen LogP contribution in [0.25, 0.3) is 11.0 Å². The smallest absolute Gasteiger partial charge is 0.332 e. The molecule has 1 aromatic carbocycles. The van der Waals surface area contributed by atoms with Crippen LogP contribution in [0.5, 0.6) is 11.5 Å². The second kappa shape index (κ2) is 10.3. The fourth-order valence-corrected chi connectivity index (χ4v) is 3.54. The largest absolute Gasteiger partial charge is 0.493 e. The minimum atomic E-state index is -0.505. The van der Waals surface area contributed by atoms with Gasteiger partial charge >= 0.3 is 5.69 Å². The number of methoxy groups -OCH3 is 1. The Hall–Kier alpha value is -3.62. The van der Waals surface area contributed by atoms with Crippen molar-refractivity contribution in [2.24, 2.45) is 14.1 Å². The van der Waals surface area contributed by atoms with Crippen molar-refractivity contribution in [1.29, 1.82) is 0 Å². The Bertz CT molecular complexity index is 1280. The summed E-state index contributed by atoms with van der Waals surface area (Å²) in [7, 11) is 4.50. The average molecular weight is 455 g/mol. The number of ether oxygens (including phenoxy) is 2. The number of pyridine rings is 1. The molecule has 3 aromatic rings. The van der Waals surface area contributed by atoms with Crippen molar-refractivity contribution in [2.45, 2.75) is 39.2 Å². The van der Waals surface area contributed by atoms with Crippen molar-refractivity contribution in [2.75, 3.05) is 13.7 Å². The summed E-state index contributed by atoms with van der Waals surface area (Å²) >= 11 is 0. The van der Waals surface area contributed by atoms with Crippen LogP contribution in [0, 0.1) is 0 Å². The van der Waals surface area contributed by atoms with E-state index < -0.39 is 17.2 Å². The summed E-state index contributed by atoms with van der Waals surface area (Å²) in [6.45, 7) is 4.61. The molecular formula is C24H30N4O5. The van der Waals surface area contributed by atoms with Gasteiger partial charge < -0.3 is 14.8 Å². The summed E-state index contributed by atoms with van der Waals surface area (Å²) in [6, 6.07) is 8.19. The first-order valence-electron chi connectivity index (χ1n) is 11.0. The molecule has 1 N–H and O–H groups in total. The molecule has 1 unspecified atom stereocenters. The molecule has 2 heterocycles. The molecule has 9 nitrogen and oxygen atoms in total. The maximum absolute atomic E-state index is 12.8. The number of hydrogen-bond acceptors (Lipinski definition) is 6. The zero-order valence-electron chi connectivity index (χ0n) is 19.7. The summed E-state index contributed by atoms with van der Waals surface area (Å²) in [5, 5.41) is 3.17.